The minimum absolute atomic E-state index is 0.113. The van der Waals surface area contributed by atoms with Crippen LogP contribution >= 0.6 is 0 Å². The molecule has 2 aliphatic heterocycles. The van der Waals surface area contributed by atoms with Crippen molar-refractivity contribution in [2.75, 3.05) is 6.61 Å². The molecule has 1 fully saturated rings. The standard InChI is InChI=1S/C18H24N2O8/c1-10-13(9-26-15(24)6-5-14(22)23)28-18(16(10)27-11(2)21)20-7-3-4-12(8-20)17(19)25/h3,7-8,10,13,16,18H,4-6,9H2,1-2H3,(H2,19,25)(H,22,23)/t10-,13-,16?,18-/m1/s1. The predicted molar refractivity (Wildman–Crippen MR) is 94.1 cm³/mol. The van der Waals surface area contributed by atoms with Gasteiger partial charge >= 0.3 is 17.9 Å². The molecule has 2 rings (SSSR count). The molecule has 10 heteroatoms. The number of hydrogen-bond acceptors (Lipinski definition) is 8. The zero-order chi connectivity index (χ0) is 20.8. The third kappa shape index (κ3) is 5.56. The summed E-state index contributed by atoms with van der Waals surface area (Å²) in [7, 11) is 0. The maximum absolute atomic E-state index is 11.7. The zero-order valence-electron chi connectivity index (χ0n) is 15.7. The lowest BCUT2D eigenvalue weighted by atomic mass is 10.00. The van der Waals surface area contributed by atoms with Gasteiger partial charge in [0.15, 0.2) is 12.3 Å². The number of carboxylic acids is 1. The molecule has 0 saturated carbocycles. The summed E-state index contributed by atoms with van der Waals surface area (Å²) in [6.07, 6.45) is 2.81. The fourth-order valence-corrected chi connectivity index (χ4v) is 3.00. The van der Waals surface area contributed by atoms with Gasteiger partial charge in [-0.1, -0.05) is 13.0 Å². The molecule has 4 atom stereocenters. The molecule has 0 aromatic carbocycles. The van der Waals surface area contributed by atoms with Crippen LogP contribution in [0.15, 0.2) is 24.0 Å². The Morgan fingerprint density at radius 2 is 2.04 bits per heavy atom. The third-order valence-electron chi connectivity index (χ3n) is 4.48. The average Bonchev–Trinajstić information content (AvgIpc) is 2.93. The number of carbonyl (C=O) groups is 4. The second kappa shape index (κ2) is 9.36. The quantitative estimate of drug-likeness (QED) is 0.552. The molecular formula is C18H24N2O8. The fraction of sp³-hybridized carbons (Fsp3) is 0.556. The second-order valence-corrected chi connectivity index (χ2v) is 6.63. The highest BCUT2D eigenvalue weighted by Crippen LogP contribution is 2.33. The first-order valence-electron chi connectivity index (χ1n) is 8.83. The van der Waals surface area contributed by atoms with Crippen LogP contribution in [0.3, 0.4) is 0 Å². The van der Waals surface area contributed by atoms with E-state index in [1.54, 1.807) is 24.1 Å². The van der Waals surface area contributed by atoms with Gasteiger partial charge in [-0.3, -0.25) is 19.2 Å². The van der Waals surface area contributed by atoms with E-state index in [0.29, 0.717) is 12.0 Å². The molecule has 1 amide bonds. The number of primary amides is 1. The number of aliphatic carboxylic acids is 1. The van der Waals surface area contributed by atoms with Crippen LogP contribution in [-0.2, 0) is 33.4 Å². The van der Waals surface area contributed by atoms with Gasteiger partial charge in [-0.15, -0.1) is 0 Å². The highest BCUT2D eigenvalue weighted by atomic mass is 16.6. The molecule has 0 aromatic rings. The predicted octanol–water partition coefficient (Wildman–Crippen LogP) is 0.276. The molecule has 0 aliphatic carbocycles. The van der Waals surface area contributed by atoms with Crippen molar-refractivity contribution >= 4 is 23.8 Å². The average molecular weight is 396 g/mol. The van der Waals surface area contributed by atoms with Crippen LogP contribution in [0.2, 0.25) is 0 Å². The number of esters is 2. The van der Waals surface area contributed by atoms with Crippen molar-refractivity contribution < 1.29 is 38.5 Å². The van der Waals surface area contributed by atoms with Crippen molar-refractivity contribution in [2.45, 2.75) is 51.5 Å². The van der Waals surface area contributed by atoms with E-state index in [1.807, 2.05) is 0 Å². The Labute approximate surface area is 161 Å². The Kier molecular flexibility index (Phi) is 7.16. The van der Waals surface area contributed by atoms with E-state index < -0.39 is 42.3 Å². The first-order chi connectivity index (χ1) is 13.2. The van der Waals surface area contributed by atoms with E-state index in [9.17, 15) is 19.2 Å². The number of carboxylic acid groups (broad SMARTS) is 1. The number of carbonyl (C=O) groups excluding carboxylic acids is 3. The molecule has 0 radical (unpaired) electrons. The van der Waals surface area contributed by atoms with Crippen molar-refractivity contribution in [1.29, 1.82) is 0 Å². The smallest absolute Gasteiger partial charge is 0.306 e. The van der Waals surface area contributed by atoms with Crippen LogP contribution in [-0.4, -0.2) is 58.9 Å². The van der Waals surface area contributed by atoms with Crippen LogP contribution in [0.4, 0.5) is 0 Å². The minimum atomic E-state index is -1.09. The Morgan fingerprint density at radius 1 is 1.32 bits per heavy atom. The number of allylic oxidation sites excluding steroid dienone is 1. The molecule has 1 saturated heterocycles. The molecular weight excluding hydrogens is 372 g/mol. The Morgan fingerprint density at radius 3 is 2.64 bits per heavy atom. The molecule has 154 valence electrons. The first kappa shape index (κ1) is 21.4. The third-order valence-corrected chi connectivity index (χ3v) is 4.48. The first-order valence-corrected chi connectivity index (χ1v) is 8.83. The van der Waals surface area contributed by atoms with E-state index in [0.717, 1.165) is 0 Å². The van der Waals surface area contributed by atoms with E-state index in [2.05, 4.69) is 0 Å². The van der Waals surface area contributed by atoms with E-state index >= 15 is 0 Å². The molecule has 10 nitrogen and oxygen atoms in total. The summed E-state index contributed by atoms with van der Waals surface area (Å²) in [5, 5.41) is 8.61. The molecule has 28 heavy (non-hydrogen) atoms. The monoisotopic (exact) mass is 396 g/mol. The number of ether oxygens (including phenoxy) is 3. The Bertz CT molecular complexity index is 702. The van der Waals surface area contributed by atoms with E-state index in [-0.39, 0.29) is 25.4 Å². The Balaban J connectivity index is 2.07. The summed E-state index contributed by atoms with van der Waals surface area (Å²) in [5.41, 5.74) is 5.71. The normalized spacial score (nSPS) is 26.5. The molecule has 2 heterocycles. The van der Waals surface area contributed by atoms with Gasteiger partial charge in [0.1, 0.15) is 12.7 Å². The van der Waals surface area contributed by atoms with Gasteiger partial charge in [-0.05, 0) is 6.42 Å². The summed E-state index contributed by atoms with van der Waals surface area (Å²) in [6, 6.07) is 0. The summed E-state index contributed by atoms with van der Waals surface area (Å²) in [4.78, 5) is 46.8. The minimum Gasteiger partial charge on any atom is -0.481 e. The van der Waals surface area contributed by atoms with Gasteiger partial charge in [-0.2, -0.15) is 0 Å². The topological polar surface area (TPSA) is 145 Å². The maximum atomic E-state index is 11.7. The number of amides is 1. The van der Waals surface area contributed by atoms with Crippen molar-refractivity contribution in [3.8, 4) is 0 Å². The van der Waals surface area contributed by atoms with Crippen LogP contribution in [0.5, 0.6) is 0 Å². The van der Waals surface area contributed by atoms with Crippen LogP contribution < -0.4 is 5.73 Å². The van der Waals surface area contributed by atoms with Crippen LogP contribution in [0.25, 0.3) is 0 Å². The lowest BCUT2D eigenvalue weighted by Crippen LogP contribution is -2.40. The highest BCUT2D eigenvalue weighted by molar-refractivity contribution is 5.92. The molecule has 0 spiro atoms. The van der Waals surface area contributed by atoms with Crippen LogP contribution in [0, 0.1) is 5.92 Å². The van der Waals surface area contributed by atoms with Gasteiger partial charge in [0, 0.05) is 30.8 Å². The summed E-state index contributed by atoms with van der Waals surface area (Å²) < 4.78 is 16.4. The van der Waals surface area contributed by atoms with Gasteiger partial charge < -0.3 is 30.0 Å². The zero-order valence-corrected chi connectivity index (χ0v) is 15.7. The molecule has 2 aliphatic rings. The lowest BCUT2D eigenvalue weighted by molar-refractivity contribution is -0.155. The van der Waals surface area contributed by atoms with Crippen molar-refractivity contribution in [2.24, 2.45) is 11.7 Å². The van der Waals surface area contributed by atoms with Gasteiger partial charge in [-0.25, -0.2) is 0 Å². The summed E-state index contributed by atoms with van der Waals surface area (Å²) in [5.74, 6) is -3.12. The van der Waals surface area contributed by atoms with Gasteiger partial charge in [0.2, 0.25) is 5.91 Å². The summed E-state index contributed by atoms with van der Waals surface area (Å²) in [6.45, 7) is 2.95. The molecule has 1 unspecified atom stereocenters. The Hall–Kier alpha value is -2.88. The number of nitrogens with two attached hydrogens (primary N) is 1. The number of rotatable bonds is 8. The highest BCUT2D eigenvalue weighted by Gasteiger charge is 2.47. The largest absolute Gasteiger partial charge is 0.481 e. The van der Waals surface area contributed by atoms with Gasteiger partial charge in [0.05, 0.1) is 12.8 Å². The second-order valence-electron chi connectivity index (χ2n) is 6.63. The van der Waals surface area contributed by atoms with Crippen molar-refractivity contribution in [1.82, 2.24) is 4.90 Å². The lowest BCUT2D eigenvalue weighted by Gasteiger charge is -2.30. The van der Waals surface area contributed by atoms with E-state index in [1.165, 1.54) is 13.1 Å². The fourth-order valence-electron chi connectivity index (χ4n) is 3.00. The molecule has 3 N–H and O–H groups in total. The molecule has 0 aromatic heterocycles. The van der Waals surface area contributed by atoms with Crippen molar-refractivity contribution in [3.05, 3.63) is 24.0 Å². The number of hydrogen-bond donors (Lipinski definition) is 2. The van der Waals surface area contributed by atoms with Crippen LogP contribution in [0.1, 0.15) is 33.1 Å². The van der Waals surface area contributed by atoms with E-state index in [4.69, 9.17) is 25.1 Å². The molecule has 0 bridgehead atoms. The summed E-state index contributed by atoms with van der Waals surface area (Å²) >= 11 is 0. The van der Waals surface area contributed by atoms with Gasteiger partial charge in [0.25, 0.3) is 0 Å². The number of nitrogens with zero attached hydrogens (tertiary/aromatic N) is 1. The van der Waals surface area contributed by atoms with Crippen molar-refractivity contribution in [3.63, 3.8) is 0 Å². The SMILES string of the molecule is CC(=O)OC1[C@H](N2C=CCC(C(N)=O)=C2)O[C@H](COC(=O)CCC(=O)O)[C@H]1C. The maximum Gasteiger partial charge on any atom is 0.306 e.